The Morgan fingerprint density at radius 1 is 0.690 bits per heavy atom. The Morgan fingerprint density at radius 3 is 1.28 bits per heavy atom. The van der Waals surface area contributed by atoms with Gasteiger partial charge >= 0.3 is 0 Å². The summed E-state index contributed by atoms with van der Waals surface area (Å²) in [5.41, 5.74) is 0. The minimum atomic E-state index is 0.903. The van der Waals surface area contributed by atoms with E-state index in [1.807, 2.05) is 86.4 Å². The Labute approximate surface area is 183 Å². The maximum atomic E-state index is 2.89. The average Bonchev–Trinajstić information content (AvgIpc) is 3.19. The van der Waals surface area contributed by atoms with Crippen molar-refractivity contribution in [3.63, 3.8) is 0 Å². The van der Waals surface area contributed by atoms with Gasteiger partial charge in [0.25, 0.3) is 0 Å². The topological polar surface area (TPSA) is 23.5 Å². The van der Waals surface area contributed by atoms with Gasteiger partial charge in [-0.25, -0.2) is 9.13 Å². The first-order valence-electron chi connectivity index (χ1n) is 11.7. The van der Waals surface area contributed by atoms with Crippen molar-refractivity contribution in [2.45, 2.75) is 93.9 Å². The molecule has 0 aliphatic carbocycles. The van der Waals surface area contributed by atoms with Gasteiger partial charge in [0.2, 0.25) is 6.33 Å². The van der Waals surface area contributed by atoms with Crippen molar-refractivity contribution >= 4 is 0 Å². The number of H-pyrrole nitrogens is 1. The van der Waals surface area contributed by atoms with Gasteiger partial charge in [0.1, 0.15) is 19.4 Å². The summed E-state index contributed by atoms with van der Waals surface area (Å²) >= 11 is 0. The maximum absolute atomic E-state index is 2.89. The van der Waals surface area contributed by atoms with Gasteiger partial charge in [0.15, 0.2) is 12.4 Å². The number of nitrogens with one attached hydrogen (secondary N) is 1. The number of nitrogens with zero attached hydrogens (tertiary/aromatic N) is 2. The summed E-state index contributed by atoms with van der Waals surface area (Å²) in [4.78, 5) is 2.89. The fraction of sp³-hybridized carbons (Fsp3) is 0.692. The lowest BCUT2D eigenvalue weighted by molar-refractivity contribution is -0.671. The van der Waals surface area contributed by atoms with E-state index < -0.39 is 0 Å². The van der Waals surface area contributed by atoms with E-state index in [0.29, 0.717) is 0 Å². The van der Waals surface area contributed by atoms with Crippen LogP contribution >= 0.6 is 0 Å². The number of hydrogen-bond acceptors (Lipinski definition) is 0. The lowest BCUT2D eigenvalue weighted by Gasteiger charge is -1.98. The maximum Gasteiger partial charge on any atom is 0.241 e. The van der Waals surface area contributed by atoms with E-state index in [9.17, 15) is 0 Å². The predicted octanol–water partition coefficient (Wildman–Crippen LogP) is 7.04. The first-order chi connectivity index (χ1) is 13.8. The molecule has 2 aromatic rings. The van der Waals surface area contributed by atoms with Crippen molar-refractivity contribution in [2.24, 2.45) is 25.9 Å². The fourth-order valence-corrected chi connectivity index (χ4v) is 2.07. The van der Waals surface area contributed by atoms with Gasteiger partial charge in [0, 0.05) is 12.1 Å². The normalized spacial score (nSPS) is 9.10. The summed E-state index contributed by atoms with van der Waals surface area (Å²) in [7, 11) is 3.97. The third kappa shape index (κ3) is 34.3. The molecular formula is C26H53N3+2. The summed E-state index contributed by atoms with van der Waals surface area (Å²) in [6.45, 7) is 17.6. The lowest BCUT2D eigenvalue weighted by Crippen LogP contribution is -2.25. The van der Waals surface area contributed by atoms with Crippen molar-refractivity contribution in [1.82, 2.24) is 4.98 Å². The summed E-state index contributed by atoms with van der Waals surface area (Å²) in [5.74, 6) is 1.81. The fourth-order valence-electron chi connectivity index (χ4n) is 2.07. The SMILES string of the molecule is CC.CCCCC(C)C.CCCCC(C)C.C[n+]1cc[nH]c1.C[n+]1ccccc1. The number of rotatable bonds is 6. The number of aromatic nitrogens is 3. The highest BCUT2D eigenvalue weighted by Crippen LogP contribution is 2.04. The number of unbranched alkanes of at least 4 members (excludes halogenated alkanes) is 2. The van der Waals surface area contributed by atoms with Crippen LogP contribution in [0.1, 0.15) is 93.9 Å². The minimum absolute atomic E-state index is 0.903. The first kappa shape index (κ1) is 32.0. The monoisotopic (exact) mass is 407 g/mol. The van der Waals surface area contributed by atoms with Gasteiger partial charge < -0.3 is 0 Å². The molecule has 0 aliphatic heterocycles. The molecule has 0 unspecified atom stereocenters. The van der Waals surface area contributed by atoms with E-state index in [0.717, 1.165) is 11.8 Å². The zero-order chi connectivity index (χ0) is 22.9. The molecule has 29 heavy (non-hydrogen) atoms. The number of pyridine rings is 1. The Kier molecular flexibility index (Phi) is 29.1. The molecule has 0 aliphatic rings. The van der Waals surface area contributed by atoms with Crippen LogP contribution in [0.2, 0.25) is 0 Å². The van der Waals surface area contributed by atoms with Crippen LogP contribution in [0.25, 0.3) is 0 Å². The molecule has 3 heteroatoms. The molecule has 0 aromatic carbocycles. The first-order valence-corrected chi connectivity index (χ1v) is 11.7. The predicted molar refractivity (Wildman–Crippen MR) is 130 cm³/mol. The van der Waals surface area contributed by atoms with E-state index in [-0.39, 0.29) is 0 Å². The van der Waals surface area contributed by atoms with Gasteiger partial charge in [-0.15, -0.1) is 0 Å². The van der Waals surface area contributed by atoms with Gasteiger partial charge in [-0.2, -0.15) is 0 Å². The van der Waals surface area contributed by atoms with E-state index in [2.05, 4.69) is 46.5 Å². The van der Waals surface area contributed by atoms with Gasteiger partial charge in [-0.05, 0) is 11.8 Å². The molecule has 0 bridgehead atoms. The molecule has 0 spiro atoms. The zero-order valence-electron chi connectivity index (χ0n) is 21.4. The van der Waals surface area contributed by atoms with Gasteiger partial charge in [0.05, 0.1) is 7.05 Å². The molecule has 0 radical (unpaired) electrons. The molecule has 0 atom stereocenters. The van der Waals surface area contributed by atoms with Gasteiger partial charge in [-0.3, -0.25) is 4.98 Å². The van der Waals surface area contributed by atoms with Gasteiger partial charge in [-0.1, -0.05) is 100.0 Å². The van der Waals surface area contributed by atoms with Crippen LogP contribution in [-0.2, 0) is 14.1 Å². The minimum Gasteiger partial charge on any atom is -0.250 e. The number of aryl methyl sites for hydroxylation is 2. The molecule has 0 saturated heterocycles. The standard InChI is InChI=1S/2C7H16.C6H8N.C4H6N2.C2H6/c2*1-4-5-6-7(2)3;1-7-5-3-2-4-6-7;1-6-3-2-5-4-6;1-2/h2*7H,4-6H2,1-3H3;2-6H,1H3;2-4H,1H3;1-2H3/q;;+1;;/p+1. The van der Waals surface area contributed by atoms with Crippen LogP contribution in [0.4, 0.5) is 0 Å². The second-order valence-electron chi connectivity index (χ2n) is 7.89. The highest BCUT2D eigenvalue weighted by Gasteiger charge is 1.89. The van der Waals surface area contributed by atoms with Crippen LogP contribution in [0.5, 0.6) is 0 Å². The largest absolute Gasteiger partial charge is 0.250 e. The van der Waals surface area contributed by atoms with Crippen LogP contribution < -0.4 is 9.13 Å². The second kappa shape index (κ2) is 26.4. The molecular weight excluding hydrogens is 354 g/mol. The van der Waals surface area contributed by atoms with E-state index >= 15 is 0 Å². The molecule has 0 saturated carbocycles. The van der Waals surface area contributed by atoms with Crippen LogP contribution in [0.15, 0.2) is 49.3 Å². The van der Waals surface area contributed by atoms with Crippen molar-refractivity contribution in [1.29, 1.82) is 0 Å². The molecule has 0 fully saturated rings. The van der Waals surface area contributed by atoms with E-state index in [1.165, 1.54) is 38.5 Å². The highest BCUT2D eigenvalue weighted by atomic mass is 15.0. The molecule has 2 aromatic heterocycles. The molecule has 3 nitrogen and oxygen atoms in total. The van der Waals surface area contributed by atoms with Crippen molar-refractivity contribution in [3.8, 4) is 0 Å². The van der Waals surface area contributed by atoms with Crippen LogP contribution in [0.3, 0.4) is 0 Å². The summed E-state index contributed by atoms with van der Waals surface area (Å²) in [5, 5.41) is 0. The summed E-state index contributed by atoms with van der Waals surface area (Å²) in [6, 6.07) is 6.00. The van der Waals surface area contributed by atoms with E-state index in [4.69, 9.17) is 0 Å². The second-order valence-corrected chi connectivity index (χ2v) is 7.89. The average molecular weight is 408 g/mol. The molecule has 2 heterocycles. The Bertz CT molecular complexity index is 464. The third-order valence-corrected chi connectivity index (χ3v) is 3.82. The molecule has 170 valence electrons. The van der Waals surface area contributed by atoms with E-state index in [1.54, 1.807) is 0 Å². The Balaban J connectivity index is -0.000000302. The summed E-state index contributed by atoms with van der Waals surface area (Å²) < 4.78 is 3.94. The zero-order valence-corrected chi connectivity index (χ0v) is 21.4. The smallest absolute Gasteiger partial charge is 0.241 e. The lowest BCUT2D eigenvalue weighted by atomic mass is 10.1. The number of hydrogen-bond donors (Lipinski definition) is 1. The van der Waals surface area contributed by atoms with Crippen molar-refractivity contribution in [3.05, 3.63) is 49.3 Å². The third-order valence-electron chi connectivity index (χ3n) is 3.82. The molecule has 1 N–H and O–H groups in total. The van der Waals surface area contributed by atoms with Crippen molar-refractivity contribution < 1.29 is 9.13 Å². The van der Waals surface area contributed by atoms with Crippen LogP contribution in [-0.4, -0.2) is 4.98 Å². The Morgan fingerprint density at radius 2 is 1.14 bits per heavy atom. The molecule has 0 amide bonds. The highest BCUT2D eigenvalue weighted by molar-refractivity contribution is 4.83. The summed E-state index contributed by atoms with van der Waals surface area (Å²) in [6.07, 6.45) is 18.0. The van der Waals surface area contributed by atoms with Crippen molar-refractivity contribution in [2.75, 3.05) is 0 Å². The van der Waals surface area contributed by atoms with Crippen LogP contribution in [0, 0.1) is 11.8 Å². The number of aromatic amines is 1. The molecule has 2 rings (SSSR count). The number of imidazole rings is 1. The quantitative estimate of drug-likeness (QED) is 0.496. The Hall–Kier alpha value is -1.64.